The molecule has 3 heterocycles. The molecule has 0 saturated heterocycles. The van der Waals surface area contributed by atoms with Crippen molar-refractivity contribution in [1.82, 2.24) is 20.5 Å². The molecule has 2 aromatic heterocycles. The third-order valence-electron chi connectivity index (χ3n) is 4.67. The summed E-state index contributed by atoms with van der Waals surface area (Å²) < 4.78 is 19.4. The molecule has 162 valence electrons. The summed E-state index contributed by atoms with van der Waals surface area (Å²) >= 11 is 13.5. The van der Waals surface area contributed by atoms with Crippen LogP contribution in [0.3, 0.4) is 0 Å². The van der Waals surface area contributed by atoms with E-state index in [4.69, 9.17) is 33.7 Å². The fourth-order valence-corrected chi connectivity index (χ4v) is 4.69. The van der Waals surface area contributed by atoms with Gasteiger partial charge in [-0.3, -0.25) is 4.79 Å². The van der Waals surface area contributed by atoms with Crippen molar-refractivity contribution in [3.05, 3.63) is 50.2 Å². The van der Waals surface area contributed by atoms with Crippen molar-refractivity contribution < 1.29 is 13.9 Å². The van der Waals surface area contributed by atoms with Crippen LogP contribution in [0, 0.1) is 5.82 Å². The second kappa shape index (κ2) is 9.31. The van der Waals surface area contributed by atoms with Crippen molar-refractivity contribution in [3.63, 3.8) is 0 Å². The number of nitrogens with one attached hydrogen (secondary N) is 1. The van der Waals surface area contributed by atoms with Crippen molar-refractivity contribution in [1.29, 1.82) is 0 Å². The van der Waals surface area contributed by atoms with Crippen LogP contribution in [-0.4, -0.2) is 34.7 Å². The fraction of sp³-hybridized carbons (Fsp3) is 0.263. The molecule has 0 aliphatic carbocycles. The first-order chi connectivity index (χ1) is 15.0. The van der Waals surface area contributed by atoms with E-state index in [1.807, 2.05) is 0 Å². The number of amides is 1. The molecule has 0 unspecified atom stereocenters. The number of thiazole rings is 1. The van der Waals surface area contributed by atoms with Crippen LogP contribution < -0.4 is 20.7 Å². The molecular formula is C19H17Cl2FN6O2S. The van der Waals surface area contributed by atoms with E-state index in [-0.39, 0.29) is 35.4 Å². The number of halogens is 3. The lowest BCUT2D eigenvalue weighted by atomic mass is 10.1. The number of anilines is 3. The Morgan fingerprint density at radius 3 is 2.97 bits per heavy atom. The molecule has 1 amide bonds. The summed E-state index contributed by atoms with van der Waals surface area (Å²) in [6, 6.07) is 4.14. The summed E-state index contributed by atoms with van der Waals surface area (Å²) in [7, 11) is 0. The van der Waals surface area contributed by atoms with Gasteiger partial charge in [-0.2, -0.15) is 0 Å². The molecule has 0 radical (unpaired) electrons. The third kappa shape index (κ3) is 4.57. The quantitative estimate of drug-likeness (QED) is 0.391. The molecule has 1 aromatic carbocycles. The zero-order valence-corrected chi connectivity index (χ0v) is 18.4. The number of nitrogen functional groups attached to an aromatic ring is 1. The number of nitrogens with two attached hydrogens (primary N) is 1. The van der Waals surface area contributed by atoms with Gasteiger partial charge in [-0.25, -0.2) is 14.3 Å². The van der Waals surface area contributed by atoms with Gasteiger partial charge in [0.2, 0.25) is 6.41 Å². The topological polar surface area (TPSA) is 106 Å². The van der Waals surface area contributed by atoms with Crippen LogP contribution in [0.15, 0.2) is 18.2 Å². The zero-order valence-electron chi connectivity index (χ0n) is 16.1. The minimum atomic E-state index is -0.559. The van der Waals surface area contributed by atoms with Gasteiger partial charge in [-0.15, -0.1) is 10.2 Å². The van der Waals surface area contributed by atoms with Gasteiger partial charge in [-0.1, -0.05) is 34.5 Å². The Labute approximate surface area is 191 Å². The average Bonchev–Trinajstić information content (AvgIpc) is 3.19. The van der Waals surface area contributed by atoms with E-state index in [1.165, 1.54) is 34.4 Å². The van der Waals surface area contributed by atoms with Crippen LogP contribution in [0.5, 0.6) is 5.75 Å². The predicted molar refractivity (Wildman–Crippen MR) is 118 cm³/mol. The monoisotopic (exact) mass is 482 g/mol. The van der Waals surface area contributed by atoms with E-state index >= 15 is 0 Å². The second-order valence-corrected chi connectivity index (χ2v) is 8.49. The molecule has 4 rings (SSSR count). The number of nitrogens with zero attached hydrogens (tertiary/aromatic N) is 4. The highest BCUT2D eigenvalue weighted by Gasteiger charge is 2.21. The highest BCUT2D eigenvalue weighted by molar-refractivity contribution is 7.16. The number of rotatable bonds is 7. The Hall–Kier alpha value is -2.53. The highest BCUT2D eigenvalue weighted by atomic mass is 35.5. The van der Waals surface area contributed by atoms with E-state index < -0.39 is 5.82 Å². The summed E-state index contributed by atoms with van der Waals surface area (Å²) in [4.78, 5) is 18.7. The molecule has 1 aliphatic rings. The number of aromatic nitrogens is 3. The van der Waals surface area contributed by atoms with E-state index in [0.717, 1.165) is 23.5 Å². The van der Waals surface area contributed by atoms with Crippen molar-refractivity contribution in [2.75, 3.05) is 23.8 Å². The first-order valence-corrected chi connectivity index (χ1v) is 10.9. The number of carbonyl (C=O) groups is 1. The smallest absolute Gasteiger partial charge is 0.221 e. The molecule has 1 aliphatic heterocycles. The Morgan fingerprint density at radius 1 is 1.35 bits per heavy atom. The first kappa shape index (κ1) is 21.7. The molecule has 8 nitrogen and oxygen atoms in total. The maximum atomic E-state index is 13.7. The van der Waals surface area contributed by atoms with Crippen molar-refractivity contribution in [2.24, 2.45) is 0 Å². The SMILES string of the molecule is Nc1nnc(N(C=O)c2nc3c(s2)CNCC3)cc1OCCc1c(Cl)ccc(F)c1Cl. The largest absolute Gasteiger partial charge is 0.489 e. The van der Waals surface area contributed by atoms with Crippen LogP contribution >= 0.6 is 34.5 Å². The normalized spacial score (nSPS) is 13.0. The molecule has 3 N–H and O–H groups in total. The summed E-state index contributed by atoms with van der Waals surface area (Å²) in [5.74, 6) is -0.0614. The summed E-state index contributed by atoms with van der Waals surface area (Å²) in [6.07, 6.45) is 1.66. The lowest BCUT2D eigenvalue weighted by Crippen LogP contribution is -2.22. The molecule has 0 saturated carbocycles. The molecule has 0 spiro atoms. The molecule has 3 aromatic rings. The molecular weight excluding hydrogens is 466 g/mol. The van der Waals surface area contributed by atoms with Crippen LogP contribution in [-0.2, 0) is 24.2 Å². The Kier molecular flexibility index (Phi) is 6.51. The zero-order chi connectivity index (χ0) is 22.0. The van der Waals surface area contributed by atoms with Crippen LogP contribution in [0.1, 0.15) is 16.1 Å². The van der Waals surface area contributed by atoms with E-state index in [0.29, 0.717) is 28.7 Å². The molecule has 0 atom stereocenters. The first-order valence-electron chi connectivity index (χ1n) is 9.30. The van der Waals surface area contributed by atoms with Crippen molar-refractivity contribution in [2.45, 2.75) is 19.4 Å². The lowest BCUT2D eigenvalue weighted by molar-refractivity contribution is -0.106. The number of benzene rings is 1. The van der Waals surface area contributed by atoms with Gasteiger partial charge in [0.25, 0.3) is 0 Å². The number of carbonyl (C=O) groups excluding carboxylic acids is 1. The Bertz CT molecular complexity index is 1110. The van der Waals surface area contributed by atoms with Crippen LogP contribution in [0.4, 0.5) is 21.2 Å². The Balaban J connectivity index is 1.52. The van der Waals surface area contributed by atoms with E-state index in [2.05, 4.69) is 20.5 Å². The average molecular weight is 483 g/mol. The van der Waals surface area contributed by atoms with Gasteiger partial charge in [0.15, 0.2) is 22.5 Å². The second-order valence-electron chi connectivity index (χ2n) is 6.64. The van der Waals surface area contributed by atoms with Crippen molar-refractivity contribution >= 4 is 57.7 Å². The number of ether oxygens (including phenoxy) is 1. The van der Waals surface area contributed by atoms with Gasteiger partial charge >= 0.3 is 0 Å². The third-order valence-corrected chi connectivity index (χ3v) is 6.53. The van der Waals surface area contributed by atoms with Gasteiger partial charge in [0.05, 0.1) is 17.3 Å². The van der Waals surface area contributed by atoms with Crippen LogP contribution in [0.2, 0.25) is 10.0 Å². The maximum Gasteiger partial charge on any atom is 0.221 e. The van der Waals surface area contributed by atoms with Gasteiger partial charge < -0.3 is 15.8 Å². The molecule has 0 fully saturated rings. The number of fused-ring (bicyclic) bond motifs is 1. The highest BCUT2D eigenvalue weighted by Crippen LogP contribution is 2.33. The molecule has 0 bridgehead atoms. The minimum Gasteiger partial charge on any atom is -0.489 e. The van der Waals surface area contributed by atoms with Crippen LogP contribution in [0.25, 0.3) is 0 Å². The maximum absolute atomic E-state index is 13.7. The summed E-state index contributed by atoms with van der Waals surface area (Å²) in [5.41, 5.74) is 7.27. The van der Waals surface area contributed by atoms with E-state index in [9.17, 15) is 9.18 Å². The summed E-state index contributed by atoms with van der Waals surface area (Å²) in [5, 5.41) is 11.9. The lowest BCUT2D eigenvalue weighted by Gasteiger charge is -2.15. The van der Waals surface area contributed by atoms with Gasteiger partial charge in [-0.05, 0) is 17.7 Å². The Morgan fingerprint density at radius 2 is 2.19 bits per heavy atom. The minimum absolute atomic E-state index is 0.0491. The molecule has 31 heavy (non-hydrogen) atoms. The van der Waals surface area contributed by atoms with Crippen molar-refractivity contribution in [3.8, 4) is 5.75 Å². The van der Waals surface area contributed by atoms with Gasteiger partial charge in [0.1, 0.15) is 5.82 Å². The molecule has 12 heteroatoms. The number of hydrogen-bond acceptors (Lipinski definition) is 8. The summed E-state index contributed by atoms with van der Waals surface area (Å²) in [6.45, 7) is 1.67. The van der Waals surface area contributed by atoms with E-state index in [1.54, 1.807) is 0 Å². The standard InChI is InChI=1S/C19H17Cl2FN6O2S/c20-11-1-2-12(22)17(21)10(11)4-6-30-14-7-16(26-27-18(14)23)28(9-29)19-25-13-3-5-24-8-15(13)31-19/h1-2,7,9,24H,3-6,8H2,(H2,23,27). The number of hydrogen-bond donors (Lipinski definition) is 2. The fourth-order valence-electron chi connectivity index (χ4n) is 3.08. The van der Waals surface area contributed by atoms with Gasteiger partial charge in [0, 0.05) is 41.9 Å². The predicted octanol–water partition coefficient (Wildman–Crippen LogP) is 3.52.